The van der Waals surface area contributed by atoms with E-state index in [0.717, 1.165) is 60.3 Å². The van der Waals surface area contributed by atoms with Crippen molar-refractivity contribution in [2.45, 2.75) is 322 Å². The molecule has 11 rings (SSSR count). The molecule has 4 saturated carbocycles. The van der Waals surface area contributed by atoms with Crippen LogP contribution in [0, 0.1) is 10.8 Å². The molecule has 0 bridgehead atoms. The summed E-state index contributed by atoms with van der Waals surface area (Å²) in [6, 6.07) is 35.4. The van der Waals surface area contributed by atoms with Gasteiger partial charge in [0.15, 0.2) is 28.3 Å². The van der Waals surface area contributed by atoms with Crippen LogP contribution in [0.4, 0.5) is 0 Å². The average molecular weight is 1850 g/mol. The van der Waals surface area contributed by atoms with E-state index in [2.05, 4.69) is 197 Å². The number of halogens is 3. The van der Waals surface area contributed by atoms with E-state index in [4.69, 9.17) is 51.7 Å². The van der Waals surface area contributed by atoms with Gasteiger partial charge in [-0.2, -0.15) is 0 Å². The molecule has 3 heterocycles. The van der Waals surface area contributed by atoms with Crippen molar-refractivity contribution in [3.63, 3.8) is 0 Å². The van der Waals surface area contributed by atoms with Gasteiger partial charge in [-0.15, -0.1) is 0 Å². The minimum atomic E-state index is -1.91. The van der Waals surface area contributed by atoms with Gasteiger partial charge >= 0.3 is 329 Å². The molecule has 0 spiro atoms. The summed E-state index contributed by atoms with van der Waals surface area (Å²) in [5, 5.41) is 5.76. The van der Waals surface area contributed by atoms with Gasteiger partial charge in [0.05, 0.1) is 47.3 Å². The molecule has 23 heteroatoms. The van der Waals surface area contributed by atoms with Crippen molar-refractivity contribution in [3.8, 4) is 0 Å². The summed E-state index contributed by atoms with van der Waals surface area (Å²) in [4.78, 5) is 41.8. The van der Waals surface area contributed by atoms with Crippen LogP contribution < -0.4 is 10.6 Å². The Morgan fingerprint density at radius 2 is 0.852 bits per heavy atom. The predicted molar refractivity (Wildman–Crippen MR) is 501 cm³/mol. The summed E-state index contributed by atoms with van der Waals surface area (Å²) >= 11 is 3.38. The standard InChI is InChI=1S/C23H34N2O3Si.2C20H34NP.C16H23BrN2OSi.C13H23BO4.2ClH.Pd/c1-16(28-29(8,9)22(2,3)4)20-24-15-18-11-10-17(14-19(18)25-20)12-13-23(5,6)21(26)27-7;2*1-21(2)22(18-12-6-3-7-13-18,19-14-8-4-9-15-19)20-16-10-5-11-17-20;1-11(20-21(5,6)16(2,3)4)15-18-10-12-7-8-13(17)9-14(12)19-15;1-11(2,10(15)16-7)8-9-14-17-12(3,4)13(5,6)18-14;;;/h10-16H,1-9H3;2*3,6-7,12-13,19-20,22H,4-5,8-11,14-17H2,1-2H3;7-11H,1-6H3;8-9H,1-7H3;2*1H;/q;;;;;;;+2/p-2/b13-12+;;;;9-8+;;;. The first kappa shape index (κ1) is 101. The Bertz CT molecular complexity index is 3890. The number of esters is 2. The average Bonchev–Trinajstić information content (AvgIpc) is 1.58. The van der Waals surface area contributed by atoms with Crippen LogP contribution in [0.1, 0.15) is 269 Å². The van der Waals surface area contributed by atoms with Crippen LogP contribution in [0.2, 0.25) is 36.3 Å². The molecule has 4 aromatic carbocycles. The van der Waals surface area contributed by atoms with E-state index in [9.17, 15) is 9.59 Å². The summed E-state index contributed by atoms with van der Waals surface area (Å²) in [6.45, 7) is 41.6. The minimum absolute atomic E-state index is 0.0886. The summed E-state index contributed by atoms with van der Waals surface area (Å²) in [5.41, 5.74) is 4.57. The van der Waals surface area contributed by atoms with Crippen molar-refractivity contribution >= 4 is 124 Å². The third kappa shape index (κ3) is 27.2. The number of nitrogens with zero attached hydrogens (tertiary/aromatic N) is 6. The molecule has 2 aromatic heterocycles. The van der Waals surface area contributed by atoms with Crippen molar-refractivity contribution in [2.75, 3.05) is 42.4 Å². The second kappa shape index (κ2) is 44.8. The Labute approximate surface area is 724 Å². The Balaban J connectivity index is 0.000000223. The monoisotopic (exact) mass is 1850 g/mol. The molecule has 2 unspecified atom stereocenters. The van der Waals surface area contributed by atoms with Gasteiger partial charge in [-0.05, 0) is 129 Å². The number of fused-ring (bicyclic) bond motifs is 2. The number of carbonyl (C=O) groups is 2. The molecule has 5 aliphatic rings. The SMILES string of the molecule is CC(O[Si](C)(C)C(C)(C)C)c1ncc2ccc(Br)cc2n1.CN(C)[PH](c1ccccc1)(C1CCCCC1)C1CCCCC1.CN(C)[PH](c1ccccc1)(C1CCCCC1)C1CCCCC1.COC(=O)C(C)(C)/C=C/B1OC(C)(C)C(C)(C)O1.COC(=O)C(C)(C)/C=C/c1ccc2cnc(C(C)O[Si](C)(C)C(C)(C)C)nc2c1.[Cl][Pd][Cl]. The molecule has 6 aromatic rings. The molecular weight excluding hydrogens is 1700 g/mol. The van der Waals surface area contributed by atoms with Crippen LogP contribution in [0.5, 0.6) is 0 Å². The fraction of sp³-hybridized carbons (Fsp3) is 0.630. The van der Waals surface area contributed by atoms with Crippen molar-refractivity contribution in [1.29, 1.82) is 0 Å². The van der Waals surface area contributed by atoms with Gasteiger partial charge in [0.1, 0.15) is 12.2 Å². The summed E-state index contributed by atoms with van der Waals surface area (Å²) < 4.78 is 40.6. The Morgan fingerprint density at radius 3 is 1.17 bits per heavy atom. The van der Waals surface area contributed by atoms with Crippen LogP contribution in [0.3, 0.4) is 0 Å². The van der Waals surface area contributed by atoms with Crippen molar-refractivity contribution < 1.29 is 53.2 Å². The molecule has 1 saturated heterocycles. The predicted octanol–water partition coefficient (Wildman–Crippen LogP) is 25.6. The maximum atomic E-state index is 11.9. The molecule has 115 heavy (non-hydrogen) atoms. The molecule has 4 aliphatic carbocycles. The second-order valence-electron chi connectivity index (χ2n) is 38.3. The van der Waals surface area contributed by atoms with Gasteiger partial charge in [0, 0.05) is 27.6 Å². The fourth-order valence-corrected chi connectivity index (χ4v) is 34.1. The third-order valence-corrected chi connectivity index (χ3v) is 48.8. The van der Waals surface area contributed by atoms with Crippen molar-refractivity contribution in [3.05, 3.63) is 149 Å². The Morgan fingerprint density at radius 1 is 0.530 bits per heavy atom. The number of ether oxygens (including phenoxy) is 2. The summed E-state index contributed by atoms with van der Waals surface area (Å²) in [7, 11) is 14.6. The maximum absolute atomic E-state index is 11.9. The molecule has 14 nitrogen and oxygen atoms in total. The van der Waals surface area contributed by atoms with E-state index in [-0.39, 0.29) is 61.4 Å². The van der Waals surface area contributed by atoms with E-state index in [1.54, 1.807) is 36.5 Å². The van der Waals surface area contributed by atoms with E-state index in [1.165, 1.54) is 143 Å². The molecule has 646 valence electrons. The molecule has 2 atom stereocenters. The van der Waals surface area contributed by atoms with E-state index in [0.29, 0.717) is 5.82 Å². The zero-order valence-corrected chi connectivity index (χ0v) is 83.9. The van der Waals surface area contributed by atoms with Gasteiger partial charge in [-0.3, -0.25) is 9.59 Å². The Kier molecular flexibility index (Phi) is 39.2. The molecular formula is C92H148BBrCl2N6O8P2PdSi2. The van der Waals surface area contributed by atoms with E-state index >= 15 is 0 Å². The number of carbonyl (C=O) groups excluding carboxylic acids is 2. The first-order valence-corrected chi connectivity index (χ1v) is 57.4. The topological polar surface area (TPSA) is 148 Å². The number of aromatic nitrogens is 4. The van der Waals surface area contributed by atoms with Gasteiger partial charge in [-0.25, -0.2) is 19.9 Å². The van der Waals surface area contributed by atoms with Crippen LogP contribution in [-0.2, 0) is 53.2 Å². The van der Waals surface area contributed by atoms with Gasteiger partial charge < -0.3 is 27.6 Å². The molecule has 0 N–H and O–H groups in total. The number of hydrogen-bond donors (Lipinski definition) is 0. The molecule has 1 aliphatic heterocycles. The van der Waals surface area contributed by atoms with Gasteiger partial charge in [-0.1, -0.05) is 99.9 Å². The number of hydrogen-bond acceptors (Lipinski definition) is 14. The zero-order chi connectivity index (χ0) is 85.6. The van der Waals surface area contributed by atoms with Crippen LogP contribution in [-0.4, -0.2) is 141 Å². The van der Waals surface area contributed by atoms with Crippen LogP contribution in [0.15, 0.2) is 132 Å². The summed E-state index contributed by atoms with van der Waals surface area (Å²) in [5.74, 6) is 2.67. The fourth-order valence-electron chi connectivity index (χ4n) is 17.3. The van der Waals surface area contributed by atoms with Gasteiger partial charge in [0.2, 0.25) is 0 Å². The molecule has 0 amide bonds. The van der Waals surface area contributed by atoms with Crippen molar-refractivity contribution in [2.24, 2.45) is 10.8 Å². The zero-order valence-electron chi connectivity index (χ0n) is 75.3. The first-order valence-electron chi connectivity index (χ1n) is 42.6. The first-order chi connectivity index (χ1) is 53.8. The quantitative estimate of drug-likeness (QED) is 0.0405. The van der Waals surface area contributed by atoms with Crippen molar-refractivity contribution in [1.82, 2.24) is 29.3 Å². The second-order valence-corrected chi connectivity index (χ2v) is 60.6. The third-order valence-electron chi connectivity index (χ3n) is 26.4. The summed E-state index contributed by atoms with van der Waals surface area (Å²) in [6.07, 6.45) is 38.4. The normalized spacial score (nSPS) is 18.7. The van der Waals surface area contributed by atoms with Crippen LogP contribution >= 0.6 is 49.8 Å². The molecule has 5 fully saturated rings. The van der Waals surface area contributed by atoms with E-state index in [1.807, 2.05) is 116 Å². The number of methoxy groups -OCH3 is 2. The van der Waals surface area contributed by atoms with Crippen LogP contribution in [0.25, 0.3) is 27.9 Å². The van der Waals surface area contributed by atoms with E-state index < -0.39 is 49.4 Å². The number of rotatable bonds is 20. The molecule has 0 radical (unpaired) electrons. The van der Waals surface area contributed by atoms with Gasteiger partial charge in [0.25, 0.3) is 0 Å². The number of benzene rings is 4. The Hall–Kier alpha value is -3.18.